The van der Waals surface area contributed by atoms with E-state index >= 15 is 0 Å². The molecule has 1 aromatic heterocycles. The van der Waals surface area contributed by atoms with Gasteiger partial charge in [0, 0.05) is 6.42 Å². The van der Waals surface area contributed by atoms with Gasteiger partial charge < -0.3 is 14.8 Å². The molecule has 0 aliphatic heterocycles. The third-order valence-electron chi connectivity index (χ3n) is 4.22. The van der Waals surface area contributed by atoms with Crippen LogP contribution in [0.25, 0.3) is 0 Å². The van der Waals surface area contributed by atoms with Gasteiger partial charge in [-0.25, -0.2) is 0 Å². The van der Waals surface area contributed by atoms with Crippen LogP contribution in [0.3, 0.4) is 0 Å². The average Bonchev–Trinajstić information content (AvgIpc) is 2.86. The van der Waals surface area contributed by atoms with E-state index in [9.17, 15) is 14.7 Å². The lowest BCUT2D eigenvalue weighted by Crippen LogP contribution is -2.55. The summed E-state index contributed by atoms with van der Waals surface area (Å²) in [5.41, 5.74) is -0.188. The number of rotatable bonds is 4. The molecule has 1 amide bonds. The number of hydrogen-bond acceptors (Lipinski definition) is 3. The van der Waals surface area contributed by atoms with E-state index in [2.05, 4.69) is 5.32 Å². The van der Waals surface area contributed by atoms with Gasteiger partial charge >= 0.3 is 5.97 Å². The standard InChI is InChI=1S/C15H21NO4/c1-3-12-10(7-9-20-12)13(17)16-15(2)8-5-4-6-11(15)14(18)19/h7,9,11H,3-6,8H2,1-2H3,(H,16,17)(H,18,19). The molecule has 2 unspecified atom stereocenters. The highest BCUT2D eigenvalue weighted by atomic mass is 16.4. The zero-order valence-electron chi connectivity index (χ0n) is 11.9. The second-order valence-corrected chi connectivity index (χ2v) is 5.62. The van der Waals surface area contributed by atoms with Crippen molar-refractivity contribution < 1.29 is 19.1 Å². The SMILES string of the molecule is CCc1occc1C(=O)NC1(C)CCCCC1C(=O)O. The van der Waals surface area contributed by atoms with Crippen molar-refractivity contribution in [3.8, 4) is 0 Å². The summed E-state index contributed by atoms with van der Waals surface area (Å²) in [5, 5.41) is 12.3. The van der Waals surface area contributed by atoms with Crippen LogP contribution in [-0.2, 0) is 11.2 Å². The van der Waals surface area contributed by atoms with Gasteiger partial charge in [0.25, 0.3) is 5.91 Å². The highest BCUT2D eigenvalue weighted by Gasteiger charge is 2.42. The minimum Gasteiger partial charge on any atom is -0.481 e. The van der Waals surface area contributed by atoms with Gasteiger partial charge in [-0.3, -0.25) is 9.59 Å². The van der Waals surface area contributed by atoms with Crippen molar-refractivity contribution in [3.63, 3.8) is 0 Å². The van der Waals surface area contributed by atoms with Crippen molar-refractivity contribution in [3.05, 3.63) is 23.7 Å². The monoisotopic (exact) mass is 279 g/mol. The zero-order valence-corrected chi connectivity index (χ0v) is 11.9. The summed E-state index contributed by atoms with van der Waals surface area (Å²) in [7, 11) is 0. The molecule has 110 valence electrons. The molecule has 20 heavy (non-hydrogen) atoms. The Bertz CT molecular complexity index is 508. The molecule has 1 saturated carbocycles. The molecular formula is C15H21NO4. The van der Waals surface area contributed by atoms with Crippen molar-refractivity contribution in [1.29, 1.82) is 0 Å². The maximum absolute atomic E-state index is 12.4. The highest BCUT2D eigenvalue weighted by Crippen LogP contribution is 2.34. The fourth-order valence-corrected chi connectivity index (χ4v) is 3.02. The Labute approximate surface area is 118 Å². The Morgan fingerprint density at radius 1 is 1.50 bits per heavy atom. The molecule has 1 aromatic rings. The van der Waals surface area contributed by atoms with Crippen molar-refractivity contribution in [2.75, 3.05) is 0 Å². The van der Waals surface area contributed by atoms with Crippen molar-refractivity contribution >= 4 is 11.9 Å². The maximum atomic E-state index is 12.4. The molecule has 1 fully saturated rings. The van der Waals surface area contributed by atoms with Gasteiger partial charge in [0.1, 0.15) is 5.76 Å². The summed E-state index contributed by atoms with van der Waals surface area (Å²) < 4.78 is 5.25. The highest BCUT2D eigenvalue weighted by molar-refractivity contribution is 5.96. The Hall–Kier alpha value is -1.78. The molecule has 2 rings (SSSR count). The Kier molecular flexibility index (Phi) is 4.16. The summed E-state index contributed by atoms with van der Waals surface area (Å²) in [6.45, 7) is 3.74. The molecule has 2 atom stereocenters. The number of hydrogen-bond donors (Lipinski definition) is 2. The molecule has 1 aliphatic carbocycles. The molecule has 0 radical (unpaired) electrons. The van der Waals surface area contributed by atoms with Crippen LogP contribution in [0.15, 0.2) is 16.7 Å². The molecule has 0 bridgehead atoms. The van der Waals surface area contributed by atoms with Crippen LogP contribution < -0.4 is 5.32 Å². The van der Waals surface area contributed by atoms with E-state index in [0.717, 1.165) is 12.8 Å². The molecular weight excluding hydrogens is 258 g/mol. The third-order valence-corrected chi connectivity index (χ3v) is 4.22. The van der Waals surface area contributed by atoms with E-state index in [0.29, 0.717) is 30.6 Å². The smallest absolute Gasteiger partial charge is 0.308 e. The second kappa shape index (κ2) is 5.69. The molecule has 2 N–H and O–H groups in total. The number of carbonyl (C=O) groups is 2. The minimum atomic E-state index is -0.838. The molecule has 0 aromatic carbocycles. The quantitative estimate of drug-likeness (QED) is 0.887. The second-order valence-electron chi connectivity index (χ2n) is 5.62. The first kappa shape index (κ1) is 14.6. The summed E-state index contributed by atoms with van der Waals surface area (Å²) in [6, 6.07) is 1.64. The predicted octanol–water partition coefficient (Wildman–Crippen LogP) is 2.61. The van der Waals surface area contributed by atoms with Gasteiger partial charge in [0.05, 0.1) is 23.3 Å². The normalized spacial score (nSPS) is 26.2. The minimum absolute atomic E-state index is 0.244. The Balaban J connectivity index is 2.18. The number of amides is 1. The fourth-order valence-electron chi connectivity index (χ4n) is 3.02. The molecule has 5 nitrogen and oxygen atoms in total. The lowest BCUT2D eigenvalue weighted by molar-refractivity contribution is -0.145. The van der Waals surface area contributed by atoms with Gasteiger partial charge in [-0.2, -0.15) is 0 Å². The lowest BCUT2D eigenvalue weighted by Gasteiger charge is -2.39. The topological polar surface area (TPSA) is 79.5 Å². The van der Waals surface area contributed by atoms with Gasteiger partial charge in [-0.1, -0.05) is 19.8 Å². The van der Waals surface area contributed by atoms with E-state index in [1.807, 2.05) is 13.8 Å². The van der Waals surface area contributed by atoms with Gasteiger partial charge in [-0.05, 0) is 25.8 Å². The number of carboxylic acid groups (broad SMARTS) is 1. The van der Waals surface area contributed by atoms with Crippen LogP contribution in [0.5, 0.6) is 0 Å². The number of furan rings is 1. The van der Waals surface area contributed by atoms with Crippen LogP contribution in [0.1, 0.15) is 55.6 Å². The largest absolute Gasteiger partial charge is 0.481 e. The van der Waals surface area contributed by atoms with Crippen LogP contribution in [0, 0.1) is 5.92 Å². The van der Waals surface area contributed by atoms with E-state index in [-0.39, 0.29) is 5.91 Å². The number of carboxylic acids is 1. The van der Waals surface area contributed by atoms with Crippen LogP contribution in [-0.4, -0.2) is 22.5 Å². The van der Waals surface area contributed by atoms with Crippen LogP contribution in [0.2, 0.25) is 0 Å². The fraction of sp³-hybridized carbons (Fsp3) is 0.600. The summed E-state index contributed by atoms with van der Waals surface area (Å²) >= 11 is 0. The van der Waals surface area contributed by atoms with Crippen molar-refractivity contribution in [2.24, 2.45) is 5.92 Å². The van der Waals surface area contributed by atoms with Crippen LogP contribution >= 0.6 is 0 Å². The number of aryl methyl sites for hydroxylation is 1. The third kappa shape index (κ3) is 2.71. The molecule has 1 heterocycles. The molecule has 0 saturated heterocycles. The summed E-state index contributed by atoms with van der Waals surface area (Å²) in [6.07, 6.45) is 5.26. The van der Waals surface area contributed by atoms with Gasteiger partial charge in [-0.15, -0.1) is 0 Å². The first-order chi connectivity index (χ1) is 9.48. The number of aliphatic carboxylic acids is 1. The summed E-state index contributed by atoms with van der Waals surface area (Å²) in [4.78, 5) is 23.8. The van der Waals surface area contributed by atoms with Gasteiger partial charge in [0.15, 0.2) is 0 Å². The van der Waals surface area contributed by atoms with E-state index in [1.165, 1.54) is 6.26 Å². The predicted molar refractivity (Wildman–Crippen MR) is 73.6 cm³/mol. The van der Waals surface area contributed by atoms with Crippen LogP contribution in [0.4, 0.5) is 0 Å². The van der Waals surface area contributed by atoms with Gasteiger partial charge in [0.2, 0.25) is 0 Å². The summed E-state index contributed by atoms with van der Waals surface area (Å²) in [5.74, 6) is -0.979. The Morgan fingerprint density at radius 3 is 2.90 bits per heavy atom. The maximum Gasteiger partial charge on any atom is 0.308 e. The van der Waals surface area contributed by atoms with E-state index in [4.69, 9.17) is 4.42 Å². The first-order valence-electron chi connectivity index (χ1n) is 7.09. The molecule has 5 heteroatoms. The van der Waals surface area contributed by atoms with E-state index < -0.39 is 17.4 Å². The zero-order chi connectivity index (χ0) is 14.8. The number of nitrogens with one attached hydrogen (secondary N) is 1. The number of carbonyl (C=O) groups excluding carboxylic acids is 1. The van der Waals surface area contributed by atoms with Crippen molar-refractivity contribution in [2.45, 2.75) is 51.5 Å². The lowest BCUT2D eigenvalue weighted by atomic mass is 9.73. The van der Waals surface area contributed by atoms with Crippen molar-refractivity contribution in [1.82, 2.24) is 5.32 Å². The average molecular weight is 279 g/mol. The molecule has 0 spiro atoms. The first-order valence-corrected chi connectivity index (χ1v) is 7.09. The molecule has 1 aliphatic rings. The van der Waals surface area contributed by atoms with E-state index in [1.54, 1.807) is 6.07 Å². The Morgan fingerprint density at radius 2 is 2.25 bits per heavy atom.